The highest BCUT2D eigenvalue weighted by molar-refractivity contribution is 5.07. The zero-order chi connectivity index (χ0) is 7.56. The van der Waals surface area contributed by atoms with Crippen molar-refractivity contribution >= 4 is 0 Å². The molecule has 0 heterocycles. The first-order valence-electron chi connectivity index (χ1n) is 3.58. The molecule has 2 heteroatoms. The summed E-state index contributed by atoms with van der Waals surface area (Å²) in [5.41, 5.74) is 0.904. The van der Waals surface area contributed by atoms with Crippen molar-refractivity contribution in [2.75, 3.05) is 7.11 Å². The largest absolute Gasteiger partial charge is 0.377 e. The fraction of sp³-hybridized carbons (Fsp3) is 0.750. The predicted octanol–water partition coefficient (Wildman–Crippen LogP) is 2.08. The summed E-state index contributed by atoms with van der Waals surface area (Å²) in [5, 5.41) is 0. The van der Waals surface area contributed by atoms with Crippen molar-refractivity contribution < 1.29 is 9.13 Å². The lowest BCUT2D eigenvalue weighted by Crippen LogP contribution is -2.23. The van der Waals surface area contributed by atoms with E-state index in [9.17, 15) is 4.39 Å². The van der Waals surface area contributed by atoms with Crippen LogP contribution in [0.15, 0.2) is 12.2 Å². The fourth-order valence-electron chi connectivity index (χ4n) is 1.34. The highest BCUT2D eigenvalue weighted by atomic mass is 19.1. The molecule has 0 aromatic rings. The predicted molar refractivity (Wildman–Crippen MR) is 38.7 cm³/mol. The number of rotatable bonds is 1. The topological polar surface area (TPSA) is 9.23 Å². The van der Waals surface area contributed by atoms with Gasteiger partial charge in [-0.3, -0.25) is 0 Å². The van der Waals surface area contributed by atoms with Gasteiger partial charge in [-0.15, -0.1) is 0 Å². The van der Waals surface area contributed by atoms with E-state index in [1.165, 1.54) is 0 Å². The van der Waals surface area contributed by atoms with Crippen LogP contribution < -0.4 is 0 Å². The standard InChI is InChI=1S/C8H13FO/c1-6-5-7(9)3-4-8(6)10-2/h7-8H,1,3-5H2,2H3. The van der Waals surface area contributed by atoms with E-state index in [0.717, 1.165) is 12.0 Å². The van der Waals surface area contributed by atoms with Gasteiger partial charge in [0.25, 0.3) is 0 Å². The molecule has 1 aliphatic rings. The van der Waals surface area contributed by atoms with Crippen LogP contribution in [0.1, 0.15) is 19.3 Å². The molecule has 1 nitrogen and oxygen atoms in total. The summed E-state index contributed by atoms with van der Waals surface area (Å²) in [6.07, 6.45) is 1.32. The third-order valence-electron chi connectivity index (χ3n) is 1.97. The summed E-state index contributed by atoms with van der Waals surface area (Å²) in [6.45, 7) is 3.75. The van der Waals surface area contributed by atoms with Gasteiger partial charge in [0.1, 0.15) is 6.17 Å². The Morgan fingerprint density at radius 2 is 2.30 bits per heavy atom. The van der Waals surface area contributed by atoms with E-state index in [1.54, 1.807) is 7.11 Å². The first-order chi connectivity index (χ1) is 4.74. The maximum atomic E-state index is 12.6. The van der Waals surface area contributed by atoms with Crippen LogP contribution in [-0.4, -0.2) is 19.4 Å². The molecule has 0 N–H and O–H groups in total. The van der Waals surface area contributed by atoms with Crippen molar-refractivity contribution in [3.05, 3.63) is 12.2 Å². The van der Waals surface area contributed by atoms with Crippen LogP contribution in [0, 0.1) is 0 Å². The molecular formula is C8H13FO. The lowest BCUT2D eigenvalue weighted by molar-refractivity contribution is 0.0900. The van der Waals surface area contributed by atoms with E-state index >= 15 is 0 Å². The van der Waals surface area contributed by atoms with Gasteiger partial charge in [-0.05, 0) is 18.4 Å². The molecular weight excluding hydrogens is 131 g/mol. The summed E-state index contributed by atoms with van der Waals surface area (Å²) < 4.78 is 17.7. The van der Waals surface area contributed by atoms with E-state index in [4.69, 9.17) is 4.74 Å². The first kappa shape index (κ1) is 7.73. The Morgan fingerprint density at radius 3 is 2.80 bits per heavy atom. The monoisotopic (exact) mass is 144 g/mol. The van der Waals surface area contributed by atoms with Crippen LogP contribution in [0.25, 0.3) is 0 Å². The zero-order valence-electron chi connectivity index (χ0n) is 6.27. The Hall–Kier alpha value is -0.370. The van der Waals surface area contributed by atoms with Crippen LogP contribution in [0.5, 0.6) is 0 Å². The molecule has 2 atom stereocenters. The minimum Gasteiger partial charge on any atom is -0.377 e. The van der Waals surface area contributed by atoms with Crippen LogP contribution in [0.2, 0.25) is 0 Å². The smallest absolute Gasteiger partial charge is 0.104 e. The molecule has 0 aromatic carbocycles. The highest BCUT2D eigenvalue weighted by Crippen LogP contribution is 2.26. The van der Waals surface area contributed by atoms with Crippen molar-refractivity contribution in [2.45, 2.75) is 31.5 Å². The van der Waals surface area contributed by atoms with E-state index in [2.05, 4.69) is 6.58 Å². The van der Waals surface area contributed by atoms with Crippen molar-refractivity contribution in [1.29, 1.82) is 0 Å². The van der Waals surface area contributed by atoms with E-state index in [0.29, 0.717) is 12.8 Å². The summed E-state index contributed by atoms with van der Waals surface area (Å²) in [4.78, 5) is 0. The van der Waals surface area contributed by atoms with Gasteiger partial charge in [-0.2, -0.15) is 0 Å². The SMILES string of the molecule is C=C1CC(F)CCC1OC. The Morgan fingerprint density at radius 1 is 1.60 bits per heavy atom. The van der Waals surface area contributed by atoms with Crippen LogP contribution in [0.3, 0.4) is 0 Å². The van der Waals surface area contributed by atoms with Crippen LogP contribution in [-0.2, 0) is 4.74 Å². The number of hydrogen-bond donors (Lipinski definition) is 0. The molecule has 1 aliphatic carbocycles. The van der Waals surface area contributed by atoms with E-state index < -0.39 is 6.17 Å². The number of alkyl halides is 1. The molecule has 10 heavy (non-hydrogen) atoms. The first-order valence-corrected chi connectivity index (χ1v) is 3.58. The van der Waals surface area contributed by atoms with Crippen molar-refractivity contribution in [3.63, 3.8) is 0 Å². The summed E-state index contributed by atoms with van der Waals surface area (Å²) in [7, 11) is 1.65. The molecule has 0 aromatic heterocycles. The average molecular weight is 144 g/mol. The van der Waals surface area contributed by atoms with Gasteiger partial charge in [0.05, 0.1) is 6.10 Å². The average Bonchev–Trinajstić information content (AvgIpc) is 1.88. The lowest BCUT2D eigenvalue weighted by atomic mass is 9.92. The Labute approximate surface area is 60.9 Å². The third-order valence-corrected chi connectivity index (χ3v) is 1.97. The van der Waals surface area contributed by atoms with Crippen molar-refractivity contribution in [3.8, 4) is 0 Å². The second-order valence-corrected chi connectivity index (χ2v) is 2.76. The van der Waals surface area contributed by atoms with Gasteiger partial charge in [0.2, 0.25) is 0 Å². The maximum absolute atomic E-state index is 12.6. The number of ether oxygens (including phenoxy) is 1. The molecule has 1 fully saturated rings. The molecule has 0 aliphatic heterocycles. The summed E-state index contributed by atoms with van der Waals surface area (Å²) in [6, 6.07) is 0. The van der Waals surface area contributed by atoms with Gasteiger partial charge >= 0.3 is 0 Å². The summed E-state index contributed by atoms with van der Waals surface area (Å²) in [5.74, 6) is 0. The third kappa shape index (κ3) is 1.57. The second-order valence-electron chi connectivity index (χ2n) is 2.76. The van der Waals surface area contributed by atoms with Gasteiger partial charge in [-0.25, -0.2) is 4.39 Å². The second kappa shape index (κ2) is 3.15. The molecule has 0 radical (unpaired) electrons. The number of halogens is 1. The Bertz CT molecular complexity index is 133. The normalized spacial score (nSPS) is 34.4. The number of hydrogen-bond acceptors (Lipinski definition) is 1. The lowest BCUT2D eigenvalue weighted by Gasteiger charge is -2.25. The molecule has 2 unspecified atom stereocenters. The van der Waals surface area contributed by atoms with Crippen molar-refractivity contribution in [2.24, 2.45) is 0 Å². The molecule has 0 spiro atoms. The zero-order valence-corrected chi connectivity index (χ0v) is 6.27. The van der Waals surface area contributed by atoms with Gasteiger partial charge < -0.3 is 4.74 Å². The van der Waals surface area contributed by atoms with Crippen molar-refractivity contribution in [1.82, 2.24) is 0 Å². The molecule has 1 rings (SSSR count). The minimum atomic E-state index is -0.682. The molecule has 58 valence electrons. The Balaban J connectivity index is 2.43. The molecule has 0 saturated heterocycles. The van der Waals surface area contributed by atoms with Gasteiger partial charge in [0, 0.05) is 13.5 Å². The van der Waals surface area contributed by atoms with Crippen LogP contribution >= 0.6 is 0 Å². The quantitative estimate of drug-likeness (QED) is 0.512. The molecule has 0 bridgehead atoms. The van der Waals surface area contributed by atoms with E-state index in [1.807, 2.05) is 0 Å². The highest BCUT2D eigenvalue weighted by Gasteiger charge is 2.23. The van der Waals surface area contributed by atoms with Gasteiger partial charge in [0.15, 0.2) is 0 Å². The van der Waals surface area contributed by atoms with Gasteiger partial charge in [-0.1, -0.05) is 6.58 Å². The fourth-order valence-corrected chi connectivity index (χ4v) is 1.34. The van der Waals surface area contributed by atoms with E-state index in [-0.39, 0.29) is 6.10 Å². The summed E-state index contributed by atoms with van der Waals surface area (Å²) >= 11 is 0. The minimum absolute atomic E-state index is 0.104. The number of methoxy groups -OCH3 is 1. The Kier molecular flexibility index (Phi) is 2.44. The van der Waals surface area contributed by atoms with Crippen LogP contribution in [0.4, 0.5) is 4.39 Å². The molecule has 0 amide bonds. The molecule has 1 saturated carbocycles. The maximum Gasteiger partial charge on any atom is 0.104 e.